The Balaban J connectivity index is 1.24. The van der Waals surface area contributed by atoms with Gasteiger partial charge in [0.05, 0.1) is 22.5 Å². The number of rotatable bonds is 6. The van der Waals surface area contributed by atoms with Crippen molar-refractivity contribution in [2.45, 2.75) is 13.1 Å². The topological polar surface area (TPSA) is 90.0 Å². The number of furan rings is 1. The molecule has 5 rings (SSSR count). The van der Waals surface area contributed by atoms with Gasteiger partial charge in [-0.2, -0.15) is 5.10 Å². The zero-order chi connectivity index (χ0) is 21.9. The number of carbonyl (C=O) groups excluding carboxylic acids is 1. The minimum absolute atomic E-state index is 0.176. The van der Waals surface area contributed by atoms with Crippen molar-refractivity contribution in [2.24, 2.45) is 0 Å². The molecule has 0 aliphatic carbocycles. The molecule has 0 aliphatic heterocycles. The molecule has 32 heavy (non-hydrogen) atoms. The van der Waals surface area contributed by atoms with Crippen molar-refractivity contribution in [2.75, 3.05) is 0 Å². The van der Waals surface area contributed by atoms with E-state index in [2.05, 4.69) is 15.4 Å². The lowest BCUT2D eigenvalue weighted by Crippen LogP contribution is -2.33. The quantitative estimate of drug-likeness (QED) is 0.428. The fourth-order valence-electron chi connectivity index (χ4n) is 3.27. The van der Waals surface area contributed by atoms with E-state index >= 15 is 0 Å². The molecule has 0 atom stereocenters. The highest BCUT2D eigenvalue weighted by Gasteiger charge is 2.12. The molecule has 0 saturated heterocycles. The molecule has 3 aromatic heterocycles. The monoisotopic (exact) mass is 442 g/mol. The minimum atomic E-state index is -0.337. The molecule has 0 aliphatic rings. The summed E-state index contributed by atoms with van der Waals surface area (Å²) in [6.45, 7) is 0.0296. The lowest BCUT2D eigenvalue weighted by molar-refractivity contribution is -0.122. The van der Waals surface area contributed by atoms with E-state index in [1.807, 2.05) is 66.7 Å². The zero-order valence-electron chi connectivity index (χ0n) is 16.9. The average Bonchev–Trinajstić information content (AvgIpc) is 3.47. The maximum atomic E-state index is 12.4. The molecule has 158 valence electrons. The predicted molar refractivity (Wildman–Crippen MR) is 123 cm³/mol. The Morgan fingerprint density at radius 3 is 2.62 bits per heavy atom. The molecule has 5 aromatic rings. The number of fused-ring (bicyclic) bond motifs is 1. The van der Waals surface area contributed by atoms with Crippen molar-refractivity contribution < 1.29 is 9.21 Å². The first-order valence-corrected chi connectivity index (χ1v) is 10.8. The maximum Gasteiger partial charge on any atom is 0.267 e. The largest absolute Gasteiger partial charge is 0.457 e. The van der Waals surface area contributed by atoms with Crippen LogP contribution in [-0.2, 0) is 17.9 Å². The minimum Gasteiger partial charge on any atom is -0.457 e. The van der Waals surface area contributed by atoms with E-state index in [1.165, 1.54) is 6.07 Å². The van der Waals surface area contributed by atoms with Gasteiger partial charge >= 0.3 is 0 Å². The molecule has 1 N–H and O–H groups in total. The normalized spacial score (nSPS) is 11.0. The van der Waals surface area contributed by atoms with Crippen molar-refractivity contribution in [3.63, 3.8) is 0 Å². The molecule has 0 fully saturated rings. The van der Waals surface area contributed by atoms with Crippen LogP contribution in [-0.4, -0.2) is 20.7 Å². The van der Waals surface area contributed by atoms with E-state index in [9.17, 15) is 9.59 Å². The molecular weight excluding hydrogens is 424 g/mol. The molecule has 0 unspecified atom stereocenters. The molecule has 0 saturated carbocycles. The number of nitrogens with one attached hydrogen (secondary N) is 1. The van der Waals surface area contributed by atoms with Crippen molar-refractivity contribution in [3.05, 3.63) is 95.0 Å². The molecule has 2 aromatic carbocycles. The number of thiazole rings is 1. The van der Waals surface area contributed by atoms with Crippen molar-refractivity contribution in [3.8, 4) is 22.0 Å². The van der Waals surface area contributed by atoms with E-state index < -0.39 is 0 Å². The van der Waals surface area contributed by atoms with Crippen LogP contribution < -0.4 is 10.9 Å². The van der Waals surface area contributed by atoms with Gasteiger partial charge in [0.25, 0.3) is 5.56 Å². The van der Waals surface area contributed by atoms with E-state index in [0.29, 0.717) is 17.2 Å². The Labute approximate surface area is 187 Å². The van der Waals surface area contributed by atoms with Crippen molar-refractivity contribution in [1.82, 2.24) is 20.1 Å². The molecule has 0 bridgehead atoms. The molecule has 0 radical (unpaired) electrons. The van der Waals surface area contributed by atoms with Crippen LogP contribution in [0.5, 0.6) is 0 Å². The maximum absolute atomic E-state index is 12.4. The Kier molecular flexibility index (Phi) is 5.35. The van der Waals surface area contributed by atoms with E-state index in [0.717, 1.165) is 25.5 Å². The van der Waals surface area contributed by atoms with Gasteiger partial charge in [-0.05, 0) is 30.3 Å². The van der Waals surface area contributed by atoms with Gasteiger partial charge in [-0.15, -0.1) is 11.3 Å². The smallest absolute Gasteiger partial charge is 0.267 e. The highest BCUT2D eigenvalue weighted by atomic mass is 32.1. The van der Waals surface area contributed by atoms with Crippen molar-refractivity contribution >= 4 is 27.5 Å². The van der Waals surface area contributed by atoms with Crippen LogP contribution in [0.4, 0.5) is 0 Å². The summed E-state index contributed by atoms with van der Waals surface area (Å²) in [5.41, 5.74) is 2.09. The predicted octanol–water partition coefficient (Wildman–Crippen LogP) is 4.10. The van der Waals surface area contributed by atoms with Gasteiger partial charge in [-0.1, -0.05) is 42.5 Å². The summed E-state index contributed by atoms with van der Waals surface area (Å²) in [6.07, 6.45) is 0. The standard InChI is InChI=1S/C24H18N4O3S/c29-22(15-28-23(30)13-11-18(27-28)16-6-2-1-3-7-16)25-14-17-10-12-20(31-17)24-26-19-8-4-5-9-21(19)32-24/h1-13H,14-15H2,(H,25,29). The molecular formula is C24H18N4O3S. The Morgan fingerprint density at radius 1 is 0.969 bits per heavy atom. The zero-order valence-corrected chi connectivity index (χ0v) is 17.7. The Hall–Kier alpha value is -4.04. The third kappa shape index (κ3) is 4.21. The second-order valence-corrected chi connectivity index (χ2v) is 8.14. The Morgan fingerprint density at radius 2 is 1.78 bits per heavy atom. The van der Waals surface area contributed by atoms with E-state index in [1.54, 1.807) is 17.4 Å². The first-order chi connectivity index (χ1) is 15.7. The third-order valence-corrected chi connectivity index (χ3v) is 5.91. The number of para-hydroxylation sites is 1. The first kappa shape index (κ1) is 19.9. The van der Waals surface area contributed by atoms with E-state index in [4.69, 9.17) is 4.42 Å². The summed E-state index contributed by atoms with van der Waals surface area (Å²) in [5.74, 6) is 0.928. The van der Waals surface area contributed by atoms with Gasteiger partial charge < -0.3 is 9.73 Å². The van der Waals surface area contributed by atoms with Crippen LogP contribution in [0.15, 0.2) is 88.1 Å². The summed E-state index contributed by atoms with van der Waals surface area (Å²) >= 11 is 1.55. The summed E-state index contributed by atoms with van der Waals surface area (Å²) < 4.78 is 8.10. The van der Waals surface area contributed by atoms with Gasteiger partial charge in [0, 0.05) is 11.6 Å². The van der Waals surface area contributed by atoms with Crippen LogP contribution in [0.25, 0.3) is 32.2 Å². The summed E-state index contributed by atoms with van der Waals surface area (Å²) in [6, 6.07) is 24.1. The van der Waals surface area contributed by atoms with Gasteiger partial charge in [0.2, 0.25) is 5.91 Å². The van der Waals surface area contributed by atoms with Crippen LogP contribution in [0.3, 0.4) is 0 Å². The van der Waals surface area contributed by atoms with Gasteiger partial charge in [0.1, 0.15) is 12.3 Å². The summed E-state index contributed by atoms with van der Waals surface area (Å²) in [4.78, 5) is 29.1. The number of aromatic nitrogens is 3. The lowest BCUT2D eigenvalue weighted by Gasteiger charge is -2.07. The fourth-order valence-corrected chi connectivity index (χ4v) is 4.20. The number of benzene rings is 2. The fraction of sp³-hybridized carbons (Fsp3) is 0.0833. The van der Waals surface area contributed by atoms with Crippen LogP contribution in [0.1, 0.15) is 5.76 Å². The summed E-state index contributed by atoms with van der Waals surface area (Å²) in [5, 5.41) is 7.88. The average molecular weight is 443 g/mol. The second kappa shape index (κ2) is 8.60. The summed E-state index contributed by atoms with van der Waals surface area (Å²) in [7, 11) is 0. The number of hydrogen-bond donors (Lipinski definition) is 1. The number of carbonyl (C=O) groups is 1. The second-order valence-electron chi connectivity index (χ2n) is 7.11. The van der Waals surface area contributed by atoms with Crippen molar-refractivity contribution in [1.29, 1.82) is 0 Å². The molecule has 7 nitrogen and oxygen atoms in total. The van der Waals surface area contributed by atoms with Crippen LogP contribution in [0, 0.1) is 0 Å². The lowest BCUT2D eigenvalue weighted by atomic mass is 10.1. The van der Waals surface area contributed by atoms with Gasteiger partial charge in [0.15, 0.2) is 10.8 Å². The third-order valence-electron chi connectivity index (χ3n) is 4.86. The first-order valence-electron chi connectivity index (χ1n) is 10.0. The molecule has 8 heteroatoms. The molecule has 0 spiro atoms. The van der Waals surface area contributed by atoms with Gasteiger partial charge in [-0.25, -0.2) is 9.67 Å². The van der Waals surface area contributed by atoms with Gasteiger partial charge in [-0.3, -0.25) is 9.59 Å². The Bertz CT molecular complexity index is 1420. The highest BCUT2D eigenvalue weighted by molar-refractivity contribution is 7.21. The highest BCUT2D eigenvalue weighted by Crippen LogP contribution is 2.31. The van der Waals surface area contributed by atoms with Crippen LogP contribution in [0.2, 0.25) is 0 Å². The van der Waals surface area contributed by atoms with Crippen LogP contribution >= 0.6 is 11.3 Å². The van der Waals surface area contributed by atoms with E-state index in [-0.39, 0.29) is 24.6 Å². The number of hydrogen-bond acceptors (Lipinski definition) is 6. The molecule has 3 heterocycles. The molecule has 1 amide bonds. The SMILES string of the molecule is O=C(Cn1nc(-c2ccccc2)ccc1=O)NCc1ccc(-c2nc3ccccc3s2)o1. The number of nitrogens with zero attached hydrogens (tertiary/aromatic N) is 3. The number of amides is 1.